The number of urea groups is 1. The number of hydrogen-bond donors (Lipinski definition) is 1. The Labute approximate surface area is 108 Å². The van der Waals surface area contributed by atoms with Crippen molar-refractivity contribution in [3.8, 4) is 0 Å². The molecule has 0 aromatic heterocycles. The molecule has 0 saturated carbocycles. The molecule has 1 aliphatic heterocycles. The maximum atomic E-state index is 11.8. The summed E-state index contributed by atoms with van der Waals surface area (Å²) in [4.78, 5) is 15.4. The van der Waals surface area contributed by atoms with Crippen molar-refractivity contribution >= 4 is 6.03 Å². The SMILES string of the molecule is Cc1ccc(C(N)CN2CCN(C)C2=O)c(C)c1. The van der Waals surface area contributed by atoms with E-state index in [1.165, 1.54) is 11.1 Å². The number of likely N-dealkylation sites (N-methyl/N-ethyl adjacent to an activating group) is 1. The molecule has 98 valence electrons. The van der Waals surface area contributed by atoms with E-state index in [0.717, 1.165) is 18.7 Å². The molecule has 0 bridgehead atoms. The summed E-state index contributed by atoms with van der Waals surface area (Å²) in [6.45, 7) is 6.29. The van der Waals surface area contributed by atoms with Crippen LogP contribution in [-0.2, 0) is 0 Å². The van der Waals surface area contributed by atoms with Crippen LogP contribution < -0.4 is 5.73 Å². The van der Waals surface area contributed by atoms with Gasteiger partial charge in [0.1, 0.15) is 0 Å². The summed E-state index contributed by atoms with van der Waals surface area (Å²) in [7, 11) is 1.82. The molecule has 0 radical (unpaired) electrons. The van der Waals surface area contributed by atoms with Crippen molar-refractivity contribution in [3.63, 3.8) is 0 Å². The van der Waals surface area contributed by atoms with Crippen LogP contribution in [0.15, 0.2) is 18.2 Å². The third-order valence-electron chi connectivity index (χ3n) is 3.54. The van der Waals surface area contributed by atoms with Gasteiger partial charge in [-0.3, -0.25) is 0 Å². The molecule has 0 spiro atoms. The Kier molecular flexibility index (Phi) is 3.57. The lowest BCUT2D eigenvalue weighted by Gasteiger charge is -2.22. The molecular weight excluding hydrogens is 226 g/mol. The maximum Gasteiger partial charge on any atom is 0.319 e. The molecule has 18 heavy (non-hydrogen) atoms. The molecule has 4 nitrogen and oxygen atoms in total. The Bertz CT molecular complexity index is 458. The van der Waals surface area contributed by atoms with Crippen molar-refractivity contribution in [1.82, 2.24) is 9.80 Å². The third-order valence-corrected chi connectivity index (χ3v) is 3.54. The van der Waals surface area contributed by atoms with Crippen LogP contribution in [0.2, 0.25) is 0 Å². The summed E-state index contributed by atoms with van der Waals surface area (Å²) in [6, 6.07) is 6.24. The van der Waals surface area contributed by atoms with Crippen LogP contribution in [0.1, 0.15) is 22.7 Å². The highest BCUT2D eigenvalue weighted by molar-refractivity contribution is 5.76. The van der Waals surface area contributed by atoms with E-state index < -0.39 is 0 Å². The first-order chi connectivity index (χ1) is 8.49. The molecule has 4 heteroatoms. The largest absolute Gasteiger partial charge is 0.326 e. The Morgan fingerprint density at radius 1 is 1.33 bits per heavy atom. The van der Waals surface area contributed by atoms with Crippen LogP contribution >= 0.6 is 0 Å². The first-order valence-corrected chi connectivity index (χ1v) is 6.32. The van der Waals surface area contributed by atoms with Gasteiger partial charge in [0.05, 0.1) is 0 Å². The quantitative estimate of drug-likeness (QED) is 0.883. The summed E-state index contributed by atoms with van der Waals surface area (Å²) >= 11 is 0. The van der Waals surface area contributed by atoms with Crippen molar-refractivity contribution in [2.24, 2.45) is 5.73 Å². The van der Waals surface area contributed by atoms with E-state index in [1.807, 2.05) is 11.9 Å². The van der Waals surface area contributed by atoms with Crippen LogP contribution in [0.25, 0.3) is 0 Å². The fourth-order valence-electron chi connectivity index (χ4n) is 2.45. The molecule has 2 amide bonds. The fraction of sp³-hybridized carbons (Fsp3) is 0.500. The lowest BCUT2D eigenvalue weighted by Crippen LogP contribution is -2.35. The summed E-state index contributed by atoms with van der Waals surface area (Å²) in [5, 5.41) is 0. The standard InChI is InChI=1S/C14H21N3O/c1-10-4-5-12(11(2)8-10)13(15)9-17-7-6-16(3)14(17)18/h4-5,8,13H,6-7,9,15H2,1-3H3. The van der Waals surface area contributed by atoms with Gasteiger partial charge in [-0.05, 0) is 25.0 Å². The molecule has 2 rings (SSSR count). The Balaban J connectivity index is 2.08. The minimum Gasteiger partial charge on any atom is -0.326 e. The Hall–Kier alpha value is -1.55. The van der Waals surface area contributed by atoms with E-state index in [9.17, 15) is 4.79 Å². The number of amides is 2. The average Bonchev–Trinajstić information content (AvgIpc) is 2.61. The molecule has 1 heterocycles. The van der Waals surface area contributed by atoms with Crippen LogP contribution in [-0.4, -0.2) is 42.5 Å². The maximum absolute atomic E-state index is 11.8. The average molecular weight is 247 g/mol. The summed E-state index contributed by atoms with van der Waals surface area (Å²) in [5.74, 6) is 0. The zero-order chi connectivity index (χ0) is 13.3. The Morgan fingerprint density at radius 2 is 2.06 bits per heavy atom. The van der Waals surface area contributed by atoms with Gasteiger partial charge in [-0.15, -0.1) is 0 Å². The van der Waals surface area contributed by atoms with Gasteiger partial charge in [-0.1, -0.05) is 23.8 Å². The van der Waals surface area contributed by atoms with Gasteiger partial charge in [-0.25, -0.2) is 4.79 Å². The topological polar surface area (TPSA) is 49.6 Å². The molecule has 1 aromatic rings. The van der Waals surface area contributed by atoms with E-state index in [-0.39, 0.29) is 12.1 Å². The molecule has 2 N–H and O–H groups in total. The van der Waals surface area contributed by atoms with E-state index in [0.29, 0.717) is 6.54 Å². The van der Waals surface area contributed by atoms with Gasteiger partial charge in [0.2, 0.25) is 0 Å². The van der Waals surface area contributed by atoms with Crippen LogP contribution in [0.3, 0.4) is 0 Å². The molecule has 1 fully saturated rings. The number of rotatable bonds is 3. The number of benzene rings is 1. The second kappa shape index (κ2) is 4.98. The van der Waals surface area contributed by atoms with Crippen molar-refractivity contribution in [3.05, 3.63) is 34.9 Å². The van der Waals surface area contributed by atoms with Crippen LogP contribution in [0.5, 0.6) is 0 Å². The van der Waals surface area contributed by atoms with Crippen molar-refractivity contribution in [2.45, 2.75) is 19.9 Å². The second-order valence-electron chi connectivity index (χ2n) is 5.12. The number of carbonyl (C=O) groups excluding carboxylic acids is 1. The predicted octanol–water partition coefficient (Wildman–Crippen LogP) is 1.67. The molecule has 1 unspecified atom stereocenters. The fourth-order valence-corrected chi connectivity index (χ4v) is 2.45. The minimum atomic E-state index is -0.110. The molecule has 0 aliphatic carbocycles. The van der Waals surface area contributed by atoms with Gasteiger partial charge >= 0.3 is 6.03 Å². The zero-order valence-corrected chi connectivity index (χ0v) is 11.3. The number of carbonyl (C=O) groups is 1. The predicted molar refractivity (Wildman–Crippen MR) is 72.4 cm³/mol. The molecular formula is C14H21N3O. The van der Waals surface area contributed by atoms with Gasteiger partial charge in [0.15, 0.2) is 0 Å². The molecule has 1 saturated heterocycles. The highest BCUT2D eigenvalue weighted by Crippen LogP contribution is 2.19. The molecule has 1 atom stereocenters. The van der Waals surface area contributed by atoms with E-state index >= 15 is 0 Å². The third kappa shape index (κ3) is 2.48. The molecule has 1 aliphatic rings. The van der Waals surface area contributed by atoms with Crippen molar-refractivity contribution in [2.75, 3.05) is 26.7 Å². The van der Waals surface area contributed by atoms with Gasteiger partial charge in [-0.2, -0.15) is 0 Å². The molecule has 1 aromatic carbocycles. The first kappa shape index (κ1) is 12.9. The van der Waals surface area contributed by atoms with Gasteiger partial charge in [0, 0.05) is 32.7 Å². The highest BCUT2D eigenvalue weighted by Gasteiger charge is 2.27. The number of aryl methyl sites for hydroxylation is 2. The van der Waals surface area contributed by atoms with Crippen LogP contribution in [0, 0.1) is 13.8 Å². The Morgan fingerprint density at radius 3 is 2.61 bits per heavy atom. The van der Waals surface area contributed by atoms with Crippen molar-refractivity contribution in [1.29, 1.82) is 0 Å². The number of nitrogens with two attached hydrogens (primary N) is 1. The normalized spacial score (nSPS) is 17.4. The highest BCUT2D eigenvalue weighted by atomic mass is 16.2. The first-order valence-electron chi connectivity index (χ1n) is 6.32. The van der Waals surface area contributed by atoms with E-state index in [1.54, 1.807) is 4.90 Å². The summed E-state index contributed by atoms with van der Waals surface area (Å²) in [6.07, 6.45) is 0. The second-order valence-corrected chi connectivity index (χ2v) is 5.12. The lowest BCUT2D eigenvalue weighted by molar-refractivity contribution is 0.196. The monoisotopic (exact) mass is 247 g/mol. The van der Waals surface area contributed by atoms with Crippen LogP contribution in [0.4, 0.5) is 4.79 Å². The van der Waals surface area contributed by atoms with E-state index in [2.05, 4.69) is 32.0 Å². The van der Waals surface area contributed by atoms with Crippen molar-refractivity contribution < 1.29 is 4.79 Å². The summed E-state index contributed by atoms with van der Waals surface area (Å²) in [5.41, 5.74) is 9.78. The minimum absolute atomic E-state index is 0.0789. The summed E-state index contributed by atoms with van der Waals surface area (Å²) < 4.78 is 0. The smallest absolute Gasteiger partial charge is 0.319 e. The van der Waals surface area contributed by atoms with Gasteiger partial charge < -0.3 is 15.5 Å². The number of hydrogen-bond acceptors (Lipinski definition) is 2. The van der Waals surface area contributed by atoms with Gasteiger partial charge in [0.25, 0.3) is 0 Å². The number of nitrogens with zero attached hydrogens (tertiary/aromatic N) is 2. The zero-order valence-electron chi connectivity index (χ0n) is 11.3. The van der Waals surface area contributed by atoms with E-state index in [4.69, 9.17) is 5.73 Å². The lowest BCUT2D eigenvalue weighted by atomic mass is 9.99.